The van der Waals surface area contributed by atoms with Gasteiger partial charge in [-0.1, -0.05) is 52.0 Å². The highest BCUT2D eigenvalue weighted by molar-refractivity contribution is 5.90. The van der Waals surface area contributed by atoms with E-state index in [4.69, 9.17) is 14.3 Å². The number of ether oxygens (including phenoxy) is 2. The Bertz CT molecular complexity index is 815. The maximum atomic E-state index is 13.0. The Morgan fingerprint density at radius 3 is 2.31 bits per heavy atom. The predicted octanol–water partition coefficient (Wildman–Crippen LogP) is 5.15. The molecule has 0 bridgehead atoms. The van der Waals surface area contributed by atoms with Gasteiger partial charge in [0.2, 0.25) is 0 Å². The van der Waals surface area contributed by atoms with Gasteiger partial charge < -0.3 is 9.47 Å². The van der Waals surface area contributed by atoms with Crippen LogP contribution in [0.5, 0.6) is 0 Å². The average molecular weight is 489 g/mol. The van der Waals surface area contributed by atoms with Crippen molar-refractivity contribution >= 4 is 18.0 Å². The quantitative estimate of drug-likeness (QED) is 0.163. The van der Waals surface area contributed by atoms with E-state index in [0.717, 1.165) is 36.8 Å². The van der Waals surface area contributed by atoms with Crippen LogP contribution in [-0.2, 0) is 30.4 Å². The van der Waals surface area contributed by atoms with Gasteiger partial charge in [0, 0.05) is 12.6 Å². The van der Waals surface area contributed by atoms with Gasteiger partial charge in [-0.15, -0.1) is 0 Å². The summed E-state index contributed by atoms with van der Waals surface area (Å²) in [6, 6.07) is 7.85. The number of amides is 1. The lowest BCUT2D eigenvalue weighted by Crippen LogP contribution is -2.51. The molecule has 7 nitrogen and oxygen atoms in total. The van der Waals surface area contributed by atoms with Gasteiger partial charge in [-0.05, 0) is 75.0 Å². The van der Waals surface area contributed by atoms with Crippen molar-refractivity contribution in [2.24, 2.45) is 11.8 Å². The fraction of sp³-hybridized carbons (Fsp3) is 0.643. The fourth-order valence-electron chi connectivity index (χ4n) is 4.08. The molecule has 1 unspecified atom stereocenters. The molecule has 2 atom stereocenters. The first-order valence-corrected chi connectivity index (χ1v) is 12.9. The van der Waals surface area contributed by atoms with Crippen molar-refractivity contribution in [2.45, 2.75) is 98.1 Å². The average Bonchev–Trinajstić information content (AvgIpc) is 3.32. The molecule has 196 valence electrons. The molecule has 0 saturated heterocycles. The van der Waals surface area contributed by atoms with Crippen LogP contribution in [0.4, 0.5) is 0 Å². The molecule has 1 aromatic rings. The van der Waals surface area contributed by atoms with Crippen molar-refractivity contribution < 1.29 is 23.9 Å². The maximum Gasteiger partial charge on any atom is 0.326 e. The van der Waals surface area contributed by atoms with Crippen LogP contribution in [0.3, 0.4) is 0 Å². The summed E-state index contributed by atoms with van der Waals surface area (Å²) >= 11 is 0. The van der Waals surface area contributed by atoms with Crippen molar-refractivity contribution in [2.75, 3.05) is 6.61 Å². The molecule has 1 aliphatic rings. The van der Waals surface area contributed by atoms with E-state index in [1.165, 1.54) is 6.08 Å². The van der Waals surface area contributed by atoms with E-state index < -0.39 is 11.8 Å². The number of hydrogen-bond acceptors (Lipinski definition) is 6. The Labute approximate surface area is 210 Å². The summed E-state index contributed by atoms with van der Waals surface area (Å²) in [6.45, 7) is 13.1. The second kappa shape index (κ2) is 14.4. The number of nitrogens with one attached hydrogen (secondary N) is 2. The minimum absolute atomic E-state index is 0.0558. The van der Waals surface area contributed by atoms with Crippen molar-refractivity contribution in [3.63, 3.8) is 0 Å². The van der Waals surface area contributed by atoms with Crippen LogP contribution in [0, 0.1) is 11.8 Å². The van der Waals surface area contributed by atoms with E-state index in [0.29, 0.717) is 31.4 Å². The first kappa shape index (κ1) is 29.0. The Hall–Kier alpha value is -2.22. The molecule has 35 heavy (non-hydrogen) atoms. The van der Waals surface area contributed by atoms with Crippen molar-refractivity contribution in [3.05, 3.63) is 41.5 Å². The summed E-state index contributed by atoms with van der Waals surface area (Å²) in [4.78, 5) is 30.2. The highest BCUT2D eigenvalue weighted by atomic mass is 16.8. The number of carbonyl (C=O) groups excluding carboxylic acids is 2. The van der Waals surface area contributed by atoms with Gasteiger partial charge >= 0.3 is 5.97 Å². The predicted molar refractivity (Wildman–Crippen MR) is 138 cm³/mol. The normalized spacial score (nSPS) is 17.1. The van der Waals surface area contributed by atoms with Crippen LogP contribution in [0.2, 0.25) is 0 Å². The van der Waals surface area contributed by atoms with Crippen LogP contribution >= 0.6 is 0 Å². The summed E-state index contributed by atoms with van der Waals surface area (Å²) in [6.07, 6.45) is 7.58. The molecular formula is C28H44N2O5. The van der Waals surface area contributed by atoms with E-state index in [-0.39, 0.29) is 18.0 Å². The molecule has 0 heterocycles. The van der Waals surface area contributed by atoms with Crippen LogP contribution in [0.1, 0.15) is 84.8 Å². The van der Waals surface area contributed by atoms with E-state index in [1.807, 2.05) is 45.0 Å². The molecule has 7 heteroatoms. The number of hydroxylamine groups is 1. The molecule has 0 spiro atoms. The first-order valence-electron chi connectivity index (χ1n) is 12.9. The van der Waals surface area contributed by atoms with E-state index in [9.17, 15) is 9.59 Å². The molecule has 1 amide bonds. The lowest BCUT2D eigenvalue weighted by atomic mass is 9.90. The van der Waals surface area contributed by atoms with Gasteiger partial charge in [0.15, 0.2) is 6.29 Å². The van der Waals surface area contributed by atoms with Gasteiger partial charge in [0.1, 0.15) is 11.6 Å². The third-order valence-corrected chi connectivity index (χ3v) is 5.92. The lowest BCUT2D eigenvalue weighted by molar-refractivity contribution is -0.180. The van der Waals surface area contributed by atoms with Crippen LogP contribution in [-0.4, -0.2) is 36.4 Å². The van der Waals surface area contributed by atoms with E-state index >= 15 is 0 Å². The molecule has 0 radical (unpaired) electrons. The van der Waals surface area contributed by atoms with Gasteiger partial charge in [0.25, 0.3) is 5.91 Å². The molecule has 2 rings (SSSR count). The second-order valence-corrected chi connectivity index (χ2v) is 10.5. The topological polar surface area (TPSA) is 85.9 Å². The van der Waals surface area contributed by atoms with E-state index in [2.05, 4.69) is 24.6 Å². The third-order valence-electron chi connectivity index (χ3n) is 5.92. The minimum atomic E-state index is -0.733. The number of esters is 1. The third kappa shape index (κ3) is 10.9. The zero-order chi connectivity index (χ0) is 25.8. The molecule has 1 fully saturated rings. The molecule has 1 aromatic carbocycles. The molecule has 0 aromatic heterocycles. The molecule has 1 aliphatic carbocycles. The van der Waals surface area contributed by atoms with Crippen LogP contribution in [0.25, 0.3) is 6.08 Å². The summed E-state index contributed by atoms with van der Waals surface area (Å²) in [5.41, 5.74) is 3.58. The van der Waals surface area contributed by atoms with Crippen molar-refractivity contribution in [1.29, 1.82) is 0 Å². The Morgan fingerprint density at radius 2 is 1.71 bits per heavy atom. The smallest absolute Gasteiger partial charge is 0.326 e. The minimum Gasteiger partial charge on any atom is -0.461 e. The molecular weight excluding hydrogens is 444 g/mol. The zero-order valence-corrected chi connectivity index (χ0v) is 22.3. The van der Waals surface area contributed by atoms with Gasteiger partial charge in [-0.25, -0.2) is 10.3 Å². The fourth-order valence-corrected chi connectivity index (χ4v) is 4.08. The van der Waals surface area contributed by atoms with Gasteiger partial charge in [-0.2, -0.15) is 0 Å². The Morgan fingerprint density at radius 1 is 1.06 bits per heavy atom. The zero-order valence-electron chi connectivity index (χ0n) is 22.3. The highest BCUT2D eigenvalue weighted by Gasteiger charge is 2.37. The molecule has 2 N–H and O–H groups in total. The number of benzene rings is 1. The van der Waals surface area contributed by atoms with Gasteiger partial charge in [0.05, 0.1) is 6.61 Å². The standard InChI is InChI=1S/C28H44N2O5/c1-20(2)17-28(6,27(32)34-25-9-7-8-10-25)29-18-24-13-11-23(12-14-24)15-16-26(31)30-35-22(5)33-19-21(3)4/h11-16,20-22,25,29H,7-10,17-19H2,1-6H3,(H,30,31)/t22?,28-/m1/s1. The summed E-state index contributed by atoms with van der Waals surface area (Å²) in [5, 5.41) is 3.45. The number of hydrogen-bond donors (Lipinski definition) is 2. The SMILES string of the molecule is CC(C)COC(C)ONC(=O)C=Cc1ccc(CN[C@](C)(CC(C)C)C(=O)OC2CCCC2)cc1. The Balaban J connectivity index is 1.85. The highest BCUT2D eigenvalue weighted by Crippen LogP contribution is 2.25. The summed E-state index contributed by atoms with van der Waals surface area (Å²) in [5.74, 6) is 0.233. The van der Waals surface area contributed by atoms with E-state index in [1.54, 1.807) is 13.0 Å². The first-order chi connectivity index (χ1) is 16.6. The number of carbonyl (C=O) groups is 2. The molecule has 0 aliphatic heterocycles. The maximum absolute atomic E-state index is 13.0. The summed E-state index contributed by atoms with van der Waals surface area (Å²) < 4.78 is 11.3. The second-order valence-electron chi connectivity index (χ2n) is 10.5. The van der Waals surface area contributed by atoms with Crippen LogP contribution < -0.4 is 10.8 Å². The summed E-state index contributed by atoms with van der Waals surface area (Å²) in [7, 11) is 0. The number of rotatable bonds is 14. The Kier molecular flexibility index (Phi) is 11.9. The lowest BCUT2D eigenvalue weighted by Gasteiger charge is -2.31. The van der Waals surface area contributed by atoms with Crippen LogP contribution in [0.15, 0.2) is 30.3 Å². The monoisotopic (exact) mass is 488 g/mol. The van der Waals surface area contributed by atoms with Crippen molar-refractivity contribution in [1.82, 2.24) is 10.8 Å². The largest absolute Gasteiger partial charge is 0.461 e. The van der Waals surface area contributed by atoms with Crippen molar-refractivity contribution in [3.8, 4) is 0 Å². The van der Waals surface area contributed by atoms with Gasteiger partial charge in [-0.3, -0.25) is 14.9 Å². The molecule has 1 saturated carbocycles.